The number of piperazine rings is 1. The molecule has 3 rings (SSSR count). The third-order valence-corrected chi connectivity index (χ3v) is 7.15. The van der Waals surface area contributed by atoms with E-state index in [0.717, 1.165) is 83.8 Å². The highest BCUT2D eigenvalue weighted by atomic mass is 16.2. The molecule has 1 saturated heterocycles. The number of guanidine groups is 1. The summed E-state index contributed by atoms with van der Waals surface area (Å²) in [5.74, 6) is 1.76. The Hall–Kier alpha value is -1.83. The lowest BCUT2D eigenvalue weighted by molar-refractivity contribution is -0.137. The number of amides is 2. The van der Waals surface area contributed by atoms with E-state index in [1.54, 1.807) is 7.05 Å². The lowest BCUT2D eigenvalue weighted by atomic mass is 9.85. The van der Waals surface area contributed by atoms with Crippen molar-refractivity contribution in [3.05, 3.63) is 0 Å². The van der Waals surface area contributed by atoms with Crippen LogP contribution in [0.4, 0.5) is 0 Å². The molecule has 32 heavy (non-hydrogen) atoms. The smallest absolute Gasteiger partial charge is 0.225 e. The first kappa shape index (κ1) is 24.8. The minimum atomic E-state index is 0.0880. The molecule has 0 spiro atoms. The fourth-order valence-corrected chi connectivity index (χ4v) is 5.30. The number of nitrogens with zero attached hydrogens (tertiary/aromatic N) is 3. The van der Waals surface area contributed by atoms with Gasteiger partial charge in [0.2, 0.25) is 11.8 Å². The predicted molar refractivity (Wildman–Crippen MR) is 129 cm³/mol. The van der Waals surface area contributed by atoms with Gasteiger partial charge in [0.1, 0.15) is 0 Å². The third kappa shape index (κ3) is 7.36. The molecule has 1 heterocycles. The van der Waals surface area contributed by atoms with E-state index in [0.29, 0.717) is 5.91 Å². The van der Waals surface area contributed by atoms with Crippen molar-refractivity contribution in [3.63, 3.8) is 0 Å². The second-order valence-corrected chi connectivity index (χ2v) is 10.0. The van der Waals surface area contributed by atoms with Gasteiger partial charge < -0.3 is 20.9 Å². The molecule has 2 unspecified atom stereocenters. The molecule has 0 radical (unpaired) electrons. The number of rotatable bonds is 7. The van der Waals surface area contributed by atoms with Crippen LogP contribution in [-0.4, -0.2) is 86.0 Å². The van der Waals surface area contributed by atoms with E-state index in [9.17, 15) is 9.59 Å². The Kier molecular flexibility index (Phi) is 9.63. The third-order valence-electron chi connectivity index (χ3n) is 7.15. The van der Waals surface area contributed by atoms with Gasteiger partial charge in [-0.3, -0.25) is 19.5 Å². The number of carbonyl (C=O) groups excluding carboxylic acids is 2. The van der Waals surface area contributed by atoms with Crippen molar-refractivity contribution in [2.45, 2.75) is 77.3 Å². The van der Waals surface area contributed by atoms with Crippen LogP contribution < -0.4 is 16.0 Å². The highest BCUT2D eigenvalue weighted by Gasteiger charge is 2.30. The fourth-order valence-electron chi connectivity index (χ4n) is 5.30. The molecule has 0 aromatic rings. The van der Waals surface area contributed by atoms with Gasteiger partial charge in [0.15, 0.2) is 5.96 Å². The maximum absolute atomic E-state index is 12.6. The van der Waals surface area contributed by atoms with Crippen LogP contribution in [0.15, 0.2) is 4.99 Å². The molecule has 3 aliphatic rings. The first-order valence-electron chi connectivity index (χ1n) is 12.7. The lowest BCUT2D eigenvalue weighted by Crippen LogP contribution is -2.52. The average molecular weight is 449 g/mol. The van der Waals surface area contributed by atoms with Gasteiger partial charge >= 0.3 is 0 Å². The van der Waals surface area contributed by atoms with Crippen LogP contribution in [0, 0.1) is 11.8 Å². The van der Waals surface area contributed by atoms with Gasteiger partial charge in [0.05, 0.1) is 0 Å². The van der Waals surface area contributed by atoms with E-state index in [1.807, 2.05) is 13.8 Å². The summed E-state index contributed by atoms with van der Waals surface area (Å²) in [5.41, 5.74) is 0. The largest absolute Gasteiger partial charge is 0.355 e. The molecular weight excluding hydrogens is 404 g/mol. The number of carbonyl (C=O) groups is 2. The van der Waals surface area contributed by atoms with Crippen LogP contribution in [-0.2, 0) is 9.59 Å². The highest BCUT2D eigenvalue weighted by molar-refractivity contribution is 5.81. The van der Waals surface area contributed by atoms with Gasteiger partial charge in [0, 0.05) is 70.2 Å². The summed E-state index contributed by atoms with van der Waals surface area (Å²) in [4.78, 5) is 33.9. The molecule has 2 amide bonds. The summed E-state index contributed by atoms with van der Waals surface area (Å²) in [5, 5.41) is 10.0. The van der Waals surface area contributed by atoms with Crippen molar-refractivity contribution in [1.82, 2.24) is 25.8 Å². The second kappa shape index (κ2) is 12.4. The number of nitrogens with one attached hydrogen (secondary N) is 3. The zero-order chi connectivity index (χ0) is 22.9. The summed E-state index contributed by atoms with van der Waals surface area (Å²) in [6.07, 6.45) is 8.55. The lowest BCUT2D eigenvalue weighted by Gasteiger charge is -2.36. The Bertz CT molecular complexity index is 638. The molecule has 182 valence electrons. The van der Waals surface area contributed by atoms with E-state index >= 15 is 0 Å². The summed E-state index contributed by atoms with van der Waals surface area (Å²) in [7, 11) is 1.80. The molecule has 8 nitrogen and oxygen atoms in total. The molecule has 2 saturated carbocycles. The Morgan fingerprint density at radius 2 is 1.66 bits per heavy atom. The monoisotopic (exact) mass is 448 g/mol. The topological polar surface area (TPSA) is 89.1 Å². The van der Waals surface area contributed by atoms with Crippen LogP contribution in [0.3, 0.4) is 0 Å². The molecular formula is C24H44N6O2. The van der Waals surface area contributed by atoms with Crippen LogP contribution in [0.2, 0.25) is 0 Å². The van der Waals surface area contributed by atoms with E-state index in [2.05, 4.69) is 30.7 Å². The van der Waals surface area contributed by atoms with E-state index in [4.69, 9.17) is 0 Å². The maximum Gasteiger partial charge on any atom is 0.225 e. The molecule has 2 atom stereocenters. The first-order chi connectivity index (χ1) is 15.5. The Balaban J connectivity index is 1.33. The van der Waals surface area contributed by atoms with Crippen molar-refractivity contribution >= 4 is 17.8 Å². The van der Waals surface area contributed by atoms with E-state index in [-0.39, 0.29) is 29.8 Å². The van der Waals surface area contributed by atoms with Crippen LogP contribution in [0.25, 0.3) is 0 Å². The zero-order valence-electron chi connectivity index (χ0n) is 20.4. The number of hydrogen-bond acceptors (Lipinski definition) is 4. The van der Waals surface area contributed by atoms with Crippen molar-refractivity contribution in [2.24, 2.45) is 16.8 Å². The average Bonchev–Trinajstić information content (AvgIpc) is 3.33. The molecule has 3 fully saturated rings. The summed E-state index contributed by atoms with van der Waals surface area (Å²) in [6, 6.07) is 0.468. The summed E-state index contributed by atoms with van der Waals surface area (Å²) in [6.45, 7) is 9.37. The van der Waals surface area contributed by atoms with Gasteiger partial charge in [-0.15, -0.1) is 0 Å². The zero-order valence-corrected chi connectivity index (χ0v) is 20.4. The maximum atomic E-state index is 12.6. The molecule has 3 N–H and O–H groups in total. The second-order valence-electron chi connectivity index (χ2n) is 10.0. The SMILES string of the molecule is CN=C(NCCN1CCN(C(=O)C2CCCC2)CC1)NC1CCCC(C(=O)NC(C)C)C1. The minimum absolute atomic E-state index is 0.0880. The standard InChI is InChI=1S/C24H44N6O2/c1-18(2)27-22(31)20-9-6-10-21(17-20)28-24(25-3)26-11-12-29-13-15-30(16-14-29)23(32)19-7-4-5-8-19/h18-21H,4-17H2,1-3H3,(H,27,31)(H2,25,26,28). The molecule has 0 aromatic carbocycles. The highest BCUT2D eigenvalue weighted by Crippen LogP contribution is 2.27. The number of aliphatic imine (C=N–C) groups is 1. The minimum Gasteiger partial charge on any atom is -0.355 e. The van der Waals surface area contributed by atoms with Crippen LogP contribution >= 0.6 is 0 Å². The summed E-state index contributed by atoms with van der Waals surface area (Å²) < 4.78 is 0. The first-order valence-corrected chi connectivity index (χ1v) is 12.7. The fraction of sp³-hybridized carbons (Fsp3) is 0.875. The molecule has 0 bridgehead atoms. The van der Waals surface area contributed by atoms with Crippen molar-refractivity contribution in [3.8, 4) is 0 Å². The van der Waals surface area contributed by atoms with Crippen LogP contribution in [0.1, 0.15) is 65.2 Å². The van der Waals surface area contributed by atoms with Crippen molar-refractivity contribution < 1.29 is 9.59 Å². The normalized spacial score (nSPS) is 25.8. The predicted octanol–water partition coefficient (Wildman–Crippen LogP) is 1.57. The van der Waals surface area contributed by atoms with Crippen LogP contribution in [0.5, 0.6) is 0 Å². The Morgan fingerprint density at radius 1 is 0.969 bits per heavy atom. The van der Waals surface area contributed by atoms with Gasteiger partial charge in [-0.25, -0.2) is 0 Å². The number of hydrogen-bond donors (Lipinski definition) is 3. The van der Waals surface area contributed by atoms with Gasteiger partial charge in [-0.1, -0.05) is 19.3 Å². The molecule has 0 aromatic heterocycles. The molecule has 2 aliphatic carbocycles. The van der Waals surface area contributed by atoms with E-state index < -0.39 is 0 Å². The van der Waals surface area contributed by atoms with Crippen molar-refractivity contribution in [1.29, 1.82) is 0 Å². The van der Waals surface area contributed by atoms with Crippen molar-refractivity contribution in [2.75, 3.05) is 46.3 Å². The Morgan fingerprint density at radius 3 is 2.31 bits per heavy atom. The van der Waals surface area contributed by atoms with Gasteiger partial charge in [-0.2, -0.15) is 0 Å². The molecule has 8 heteroatoms. The summed E-state index contributed by atoms with van der Waals surface area (Å²) >= 11 is 0. The molecule has 1 aliphatic heterocycles. The quantitative estimate of drug-likeness (QED) is 0.406. The van der Waals surface area contributed by atoms with Gasteiger partial charge in [-0.05, 0) is 46.0 Å². The van der Waals surface area contributed by atoms with E-state index in [1.165, 1.54) is 12.8 Å². The Labute approximate surface area is 194 Å². The van der Waals surface area contributed by atoms with Gasteiger partial charge in [0.25, 0.3) is 0 Å².